The molecule has 0 aliphatic rings. The summed E-state index contributed by atoms with van der Waals surface area (Å²) >= 11 is 0. The van der Waals surface area contributed by atoms with E-state index in [1.165, 1.54) is 48.5 Å². The Morgan fingerprint density at radius 1 is 0.462 bits per heavy atom. The van der Waals surface area contributed by atoms with Crippen molar-refractivity contribution in [2.75, 3.05) is 24.9 Å². The van der Waals surface area contributed by atoms with Crippen LogP contribution < -0.4 is 21.3 Å². The first-order chi connectivity index (χ1) is 25.0. The van der Waals surface area contributed by atoms with E-state index in [9.17, 15) is 38.4 Å². The predicted molar refractivity (Wildman–Crippen MR) is 187 cm³/mol. The number of amides is 4. The smallest absolute Gasteiger partial charge is 0.328 e. The van der Waals surface area contributed by atoms with Crippen molar-refractivity contribution in [3.63, 3.8) is 0 Å². The van der Waals surface area contributed by atoms with Crippen LogP contribution in [0.2, 0.25) is 0 Å². The van der Waals surface area contributed by atoms with Crippen molar-refractivity contribution >= 4 is 58.5 Å². The molecule has 2 atom stereocenters. The fourth-order valence-corrected chi connectivity index (χ4v) is 5.00. The quantitative estimate of drug-likeness (QED) is 0.0857. The van der Waals surface area contributed by atoms with Crippen LogP contribution in [0, 0.1) is 0 Å². The Morgan fingerprint density at radius 2 is 0.788 bits per heavy atom. The number of para-hydroxylation sites is 2. The highest BCUT2D eigenvalue weighted by molar-refractivity contribution is 6.48. The molecule has 4 N–H and O–H groups in total. The molecule has 0 aliphatic carbocycles. The van der Waals surface area contributed by atoms with E-state index in [1.54, 1.807) is 60.7 Å². The van der Waals surface area contributed by atoms with Gasteiger partial charge in [-0.25, -0.2) is 9.59 Å². The molecule has 4 amide bonds. The second-order valence-corrected chi connectivity index (χ2v) is 11.1. The summed E-state index contributed by atoms with van der Waals surface area (Å²) in [6.07, 6.45) is 0.0759. The van der Waals surface area contributed by atoms with Crippen LogP contribution in [0.5, 0.6) is 0 Å². The molecule has 14 nitrogen and oxygen atoms in total. The summed E-state index contributed by atoms with van der Waals surface area (Å²) < 4.78 is 9.57. The van der Waals surface area contributed by atoms with E-state index in [0.29, 0.717) is 11.1 Å². The van der Waals surface area contributed by atoms with Crippen molar-refractivity contribution < 1.29 is 47.8 Å². The predicted octanol–water partition coefficient (Wildman–Crippen LogP) is 2.43. The molecule has 0 heterocycles. The van der Waals surface area contributed by atoms with Gasteiger partial charge in [-0.1, -0.05) is 84.9 Å². The second kappa shape index (κ2) is 18.2. The molecule has 0 spiro atoms. The SMILES string of the molecule is COC(=O)[C@@H](Cc1ccccc1)NC(=O)C(=O)c1ccccc1NC(=O)C(=O)Nc1ccccc1C(=O)C(=O)N[C@H](Cc1ccccc1)C(=O)OC. The second-order valence-electron chi connectivity index (χ2n) is 11.1. The monoisotopic (exact) mass is 706 g/mol. The Hall–Kier alpha value is -6.96. The van der Waals surface area contributed by atoms with Crippen molar-refractivity contribution in [3.05, 3.63) is 131 Å². The standard InChI is InChI=1S/C38H34N4O10/c1-51-37(49)29(21-23-13-5-3-6-14-23)41-33(45)31(43)25-17-9-11-19-27(25)39-35(47)36(48)40-28-20-12-10-18-26(28)32(44)34(46)42-30(38(50)52-2)22-24-15-7-4-8-16-24/h3-20,29-30H,21-22H2,1-2H3,(H,39,47)(H,40,48)(H,41,45)(H,42,46)/t29-,30-/m1/s1. The van der Waals surface area contributed by atoms with Crippen LogP contribution in [0.25, 0.3) is 0 Å². The lowest BCUT2D eigenvalue weighted by atomic mass is 10.0. The van der Waals surface area contributed by atoms with E-state index in [4.69, 9.17) is 9.47 Å². The fraction of sp³-hybridized carbons (Fsp3) is 0.158. The summed E-state index contributed by atoms with van der Waals surface area (Å²) in [7, 11) is 2.28. The van der Waals surface area contributed by atoms with Gasteiger partial charge in [-0.3, -0.25) is 28.8 Å². The number of ketones is 2. The van der Waals surface area contributed by atoms with Gasteiger partial charge < -0.3 is 30.7 Å². The van der Waals surface area contributed by atoms with Gasteiger partial charge in [0.1, 0.15) is 12.1 Å². The Bertz CT molecular complexity index is 1840. The Morgan fingerprint density at radius 3 is 1.13 bits per heavy atom. The molecule has 4 aromatic carbocycles. The molecule has 0 radical (unpaired) electrons. The molecular formula is C38H34N4O10. The van der Waals surface area contributed by atoms with Crippen LogP contribution in [-0.2, 0) is 51.1 Å². The number of carbonyl (C=O) groups is 8. The minimum absolute atomic E-state index is 0.0380. The number of Topliss-reactive ketones (excluding diaryl/α,β-unsaturated/α-hetero) is 2. The van der Waals surface area contributed by atoms with E-state index < -0.39 is 59.2 Å². The summed E-state index contributed by atoms with van der Waals surface area (Å²) in [5.41, 5.74) is 0.427. The maximum Gasteiger partial charge on any atom is 0.328 e. The third-order valence-corrected chi connectivity index (χ3v) is 7.61. The van der Waals surface area contributed by atoms with Gasteiger partial charge >= 0.3 is 23.8 Å². The minimum Gasteiger partial charge on any atom is -0.467 e. The number of hydrogen-bond acceptors (Lipinski definition) is 10. The summed E-state index contributed by atoms with van der Waals surface area (Å²) in [5, 5.41) is 9.28. The summed E-state index contributed by atoms with van der Waals surface area (Å²) in [6, 6.07) is 25.9. The number of benzene rings is 4. The van der Waals surface area contributed by atoms with Gasteiger partial charge in [-0.15, -0.1) is 0 Å². The zero-order valence-electron chi connectivity index (χ0n) is 28.0. The zero-order chi connectivity index (χ0) is 37.6. The third kappa shape index (κ3) is 10.0. The van der Waals surface area contributed by atoms with E-state index in [2.05, 4.69) is 21.3 Å². The van der Waals surface area contributed by atoms with E-state index in [1.807, 2.05) is 0 Å². The number of esters is 2. The van der Waals surface area contributed by atoms with Crippen molar-refractivity contribution in [2.24, 2.45) is 0 Å². The van der Waals surface area contributed by atoms with E-state index in [-0.39, 0.29) is 35.3 Å². The lowest BCUT2D eigenvalue weighted by Crippen LogP contribution is -2.46. The van der Waals surface area contributed by atoms with Gasteiger partial charge in [0.2, 0.25) is 0 Å². The minimum atomic E-state index is -1.28. The maximum absolute atomic E-state index is 13.2. The first kappa shape index (κ1) is 37.9. The molecule has 14 heteroatoms. The molecule has 52 heavy (non-hydrogen) atoms. The highest BCUT2D eigenvalue weighted by atomic mass is 16.5. The van der Waals surface area contributed by atoms with Crippen LogP contribution in [0.4, 0.5) is 11.4 Å². The van der Waals surface area contributed by atoms with Gasteiger partial charge in [0.15, 0.2) is 0 Å². The van der Waals surface area contributed by atoms with Gasteiger partial charge in [0.25, 0.3) is 23.4 Å². The number of anilines is 2. The van der Waals surface area contributed by atoms with Crippen LogP contribution in [-0.4, -0.2) is 73.4 Å². The lowest BCUT2D eigenvalue weighted by Gasteiger charge is -2.17. The van der Waals surface area contributed by atoms with E-state index >= 15 is 0 Å². The first-order valence-electron chi connectivity index (χ1n) is 15.8. The largest absolute Gasteiger partial charge is 0.467 e. The van der Waals surface area contributed by atoms with Crippen molar-refractivity contribution in [2.45, 2.75) is 24.9 Å². The Balaban J connectivity index is 1.44. The maximum atomic E-state index is 13.2. The summed E-state index contributed by atoms with van der Waals surface area (Å²) in [5.74, 6) is -8.68. The fourth-order valence-electron chi connectivity index (χ4n) is 5.00. The summed E-state index contributed by atoms with van der Waals surface area (Å²) in [6.45, 7) is 0. The van der Waals surface area contributed by atoms with Crippen molar-refractivity contribution in [1.82, 2.24) is 10.6 Å². The molecular weight excluding hydrogens is 672 g/mol. The number of carbonyl (C=O) groups excluding carboxylic acids is 8. The molecule has 4 aromatic rings. The third-order valence-electron chi connectivity index (χ3n) is 7.61. The molecule has 4 rings (SSSR count). The zero-order valence-corrected chi connectivity index (χ0v) is 28.0. The van der Waals surface area contributed by atoms with Gasteiger partial charge in [0.05, 0.1) is 36.7 Å². The van der Waals surface area contributed by atoms with Gasteiger partial charge in [-0.2, -0.15) is 0 Å². The van der Waals surface area contributed by atoms with Crippen LogP contribution in [0.3, 0.4) is 0 Å². The number of ether oxygens (including phenoxy) is 2. The van der Waals surface area contributed by atoms with E-state index in [0.717, 1.165) is 14.2 Å². The molecule has 0 bridgehead atoms. The molecule has 266 valence electrons. The molecule has 0 saturated heterocycles. The van der Waals surface area contributed by atoms with Crippen LogP contribution in [0.1, 0.15) is 31.8 Å². The molecule has 0 aliphatic heterocycles. The number of nitrogens with one attached hydrogen (secondary N) is 4. The molecule has 0 unspecified atom stereocenters. The molecule has 0 saturated carbocycles. The number of hydrogen-bond donors (Lipinski definition) is 4. The molecule has 0 fully saturated rings. The average Bonchev–Trinajstić information content (AvgIpc) is 3.17. The normalized spacial score (nSPS) is 11.5. The highest BCUT2D eigenvalue weighted by Gasteiger charge is 2.30. The average molecular weight is 707 g/mol. The Labute approximate surface area is 297 Å². The van der Waals surface area contributed by atoms with Gasteiger partial charge in [0, 0.05) is 12.8 Å². The summed E-state index contributed by atoms with van der Waals surface area (Å²) in [4.78, 5) is 103. The number of methoxy groups -OCH3 is 2. The van der Waals surface area contributed by atoms with Crippen molar-refractivity contribution in [1.29, 1.82) is 0 Å². The topological polar surface area (TPSA) is 203 Å². The molecule has 0 aromatic heterocycles. The van der Waals surface area contributed by atoms with Gasteiger partial charge in [-0.05, 0) is 35.4 Å². The first-order valence-corrected chi connectivity index (χ1v) is 15.8. The highest BCUT2D eigenvalue weighted by Crippen LogP contribution is 2.19. The van der Waals surface area contributed by atoms with Crippen LogP contribution in [0.15, 0.2) is 109 Å². The number of rotatable bonds is 14. The lowest BCUT2D eigenvalue weighted by molar-refractivity contribution is -0.145. The Kier molecular flexibility index (Phi) is 13.2. The van der Waals surface area contributed by atoms with Crippen LogP contribution >= 0.6 is 0 Å². The van der Waals surface area contributed by atoms with Crippen molar-refractivity contribution in [3.8, 4) is 0 Å².